The third kappa shape index (κ3) is 4.01. The van der Waals surface area contributed by atoms with Gasteiger partial charge < -0.3 is 0 Å². The Morgan fingerprint density at radius 3 is 2.56 bits per heavy atom. The Labute approximate surface area is 154 Å². The number of hydrogen-bond acceptors (Lipinski definition) is 5. The summed E-state index contributed by atoms with van der Waals surface area (Å²) in [7, 11) is -3.48. The van der Waals surface area contributed by atoms with Gasteiger partial charge in [0, 0.05) is 25.0 Å². The molecule has 1 fully saturated rings. The van der Waals surface area contributed by atoms with Crippen molar-refractivity contribution in [2.75, 3.05) is 18.8 Å². The van der Waals surface area contributed by atoms with Crippen LogP contribution in [0.25, 0.3) is 5.65 Å². The van der Waals surface area contributed by atoms with Crippen molar-refractivity contribution in [3.8, 4) is 0 Å². The summed E-state index contributed by atoms with van der Waals surface area (Å²) >= 11 is 1.68. The molecule has 0 bridgehead atoms. The van der Waals surface area contributed by atoms with E-state index < -0.39 is 10.0 Å². The van der Waals surface area contributed by atoms with Crippen LogP contribution in [-0.2, 0) is 10.0 Å². The second kappa shape index (κ2) is 8.05. The van der Waals surface area contributed by atoms with Gasteiger partial charge in [-0.05, 0) is 30.9 Å². The summed E-state index contributed by atoms with van der Waals surface area (Å²) in [5, 5.41) is 9.21. The molecule has 0 N–H and O–H groups in total. The molecule has 2 aromatic heterocycles. The summed E-state index contributed by atoms with van der Waals surface area (Å²) in [5.74, 6) is 1.75. The lowest BCUT2D eigenvalue weighted by atomic mass is 9.91. The number of rotatable bonds is 7. The average molecular weight is 383 g/mol. The molecule has 2 aromatic rings. The third-order valence-corrected chi connectivity index (χ3v) is 8.07. The first kappa shape index (κ1) is 18.7. The minimum Gasteiger partial charge on any atom is -0.276 e. The standard InChI is InChI=1S/C17H26N4O2S2/c1-3-20(4-2)25(22,23)15-10-11-16-18-19-17(21(16)12-15)24-13-14-8-6-5-7-9-14/h10-12,14H,3-9,13H2,1-2H3. The van der Waals surface area contributed by atoms with Gasteiger partial charge in [0.2, 0.25) is 10.0 Å². The van der Waals surface area contributed by atoms with Crippen molar-refractivity contribution < 1.29 is 8.42 Å². The zero-order valence-corrected chi connectivity index (χ0v) is 16.5. The molecule has 138 valence electrons. The molecule has 1 aliphatic rings. The van der Waals surface area contributed by atoms with Gasteiger partial charge in [0.05, 0.1) is 4.90 Å². The smallest absolute Gasteiger partial charge is 0.244 e. The van der Waals surface area contributed by atoms with Crippen LogP contribution in [0.4, 0.5) is 0 Å². The lowest BCUT2D eigenvalue weighted by molar-refractivity contribution is 0.390. The monoisotopic (exact) mass is 382 g/mol. The molecular formula is C17H26N4O2S2. The van der Waals surface area contributed by atoms with Gasteiger partial charge in [-0.15, -0.1) is 10.2 Å². The van der Waals surface area contributed by atoms with Crippen molar-refractivity contribution >= 4 is 27.4 Å². The van der Waals surface area contributed by atoms with Crippen LogP contribution in [0.1, 0.15) is 46.0 Å². The molecule has 0 saturated heterocycles. The molecule has 0 atom stereocenters. The van der Waals surface area contributed by atoms with E-state index in [-0.39, 0.29) is 0 Å². The van der Waals surface area contributed by atoms with Gasteiger partial charge in [-0.1, -0.05) is 44.9 Å². The maximum Gasteiger partial charge on any atom is 0.244 e. The Balaban J connectivity index is 1.84. The van der Waals surface area contributed by atoms with E-state index in [1.54, 1.807) is 30.1 Å². The van der Waals surface area contributed by atoms with Gasteiger partial charge in [0.15, 0.2) is 10.8 Å². The first-order valence-electron chi connectivity index (χ1n) is 9.04. The number of fused-ring (bicyclic) bond motifs is 1. The molecule has 1 saturated carbocycles. The summed E-state index contributed by atoms with van der Waals surface area (Å²) in [6.45, 7) is 4.62. The predicted octanol–water partition coefficient (Wildman–Crippen LogP) is 3.43. The van der Waals surface area contributed by atoms with Crippen LogP contribution in [0.15, 0.2) is 28.4 Å². The molecule has 2 heterocycles. The van der Waals surface area contributed by atoms with E-state index in [1.807, 2.05) is 18.2 Å². The van der Waals surface area contributed by atoms with Gasteiger partial charge in [-0.3, -0.25) is 4.40 Å². The lowest BCUT2D eigenvalue weighted by Crippen LogP contribution is -2.30. The average Bonchev–Trinajstić information content (AvgIpc) is 3.04. The second-order valence-corrected chi connectivity index (χ2v) is 9.41. The van der Waals surface area contributed by atoms with Gasteiger partial charge >= 0.3 is 0 Å². The second-order valence-electron chi connectivity index (χ2n) is 6.48. The van der Waals surface area contributed by atoms with Crippen molar-refractivity contribution in [3.63, 3.8) is 0 Å². The summed E-state index contributed by atoms with van der Waals surface area (Å²) in [6.07, 6.45) is 8.21. The summed E-state index contributed by atoms with van der Waals surface area (Å²) < 4.78 is 28.8. The van der Waals surface area contributed by atoms with E-state index in [1.165, 1.54) is 36.4 Å². The maximum absolute atomic E-state index is 12.7. The Bertz CT molecular complexity index is 809. The summed E-state index contributed by atoms with van der Waals surface area (Å²) in [4.78, 5) is 0.294. The number of aromatic nitrogens is 3. The molecule has 0 unspecified atom stereocenters. The minimum atomic E-state index is -3.48. The largest absolute Gasteiger partial charge is 0.276 e. The molecule has 0 amide bonds. The molecule has 0 aliphatic heterocycles. The first-order chi connectivity index (χ1) is 12.1. The zero-order chi connectivity index (χ0) is 17.9. The highest BCUT2D eigenvalue weighted by Crippen LogP contribution is 2.29. The molecule has 8 heteroatoms. The highest BCUT2D eigenvalue weighted by atomic mass is 32.2. The van der Waals surface area contributed by atoms with Gasteiger partial charge in [-0.2, -0.15) is 4.31 Å². The van der Waals surface area contributed by atoms with E-state index >= 15 is 0 Å². The van der Waals surface area contributed by atoms with Crippen LogP contribution in [-0.4, -0.2) is 46.2 Å². The van der Waals surface area contributed by atoms with Crippen LogP contribution >= 0.6 is 11.8 Å². The minimum absolute atomic E-state index is 0.294. The van der Waals surface area contributed by atoms with Gasteiger partial charge in [0.1, 0.15) is 0 Å². The van der Waals surface area contributed by atoms with E-state index in [2.05, 4.69) is 10.2 Å². The molecule has 0 aromatic carbocycles. The van der Waals surface area contributed by atoms with Crippen LogP contribution in [0.5, 0.6) is 0 Å². The summed E-state index contributed by atoms with van der Waals surface area (Å²) in [6, 6.07) is 3.35. The molecule has 25 heavy (non-hydrogen) atoms. The highest BCUT2D eigenvalue weighted by molar-refractivity contribution is 7.99. The van der Waals surface area contributed by atoms with Crippen molar-refractivity contribution in [2.24, 2.45) is 5.92 Å². The third-order valence-electron chi connectivity index (χ3n) is 4.86. The normalized spacial score (nSPS) is 16.8. The van der Waals surface area contributed by atoms with E-state index in [0.717, 1.165) is 16.8 Å². The maximum atomic E-state index is 12.7. The van der Waals surface area contributed by atoms with Crippen LogP contribution in [0, 0.1) is 5.92 Å². The van der Waals surface area contributed by atoms with Crippen LogP contribution in [0.3, 0.4) is 0 Å². The lowest BCUT2D eigenvalue weighted by Gasteiger charge is -2.20. The number of thioether (sulfide) groups is 1. The first-order valence-corrected chi connectivity index (χ1v) is 11.5. The zero-order valence-electron chi connectivity index (χ0n) is 14.9. The molecule has 1 aliphatic carbocycles. The van der Waals surface area contributed by atoms with Gasteiger partial charge in [-0.25, -0.2) is 8.42 Å². The summed E-state index contributed by atoms with van der Waals surface area (Å²) in [5.41, 5.74) is 0.685. The van der Waals surface area contributed by atoms with Crippen LogP contribution in [0.2, 0.25) is 0 Å². The quantitative estimate of drug-likeness (QED) is 0.686. The number of hydrogen-bond donors (Lipinski definition) is 0. The van der Waals surface area contributed by atoms with Crippen molar-refractivity contribution in [1.82, 2.24) is 18.9 Å². The molecule has 6 nitrogen and oxygen atoms in total. The Morgan fingerprint density at radius 1 is 1.16 bits per heavy atom. The van der Waals surface area contributed by atoms with Gasteiger partial charge in [0.25, 0.3) is 0 Å². The molecular weight excluding hydrogens is 356 g/mol. The molecule has 0 spiro atoms. The van der Waals surface area contributed by atoms with Crippen molar-refractivity contribution in [2.45, 2.75) is 56.0 Å². The number of pyridine rings is 1. The van der Waals surface area contributed by atoms with Crippen LogP contribution < -0.4 is 0 Å². The topological polar surface area (TPSA) is 67.6 Å². The fourth-order valence-corrected chi connectivity index (χ4v) is 5.92. The number of sulfonamides is 1. The Kier molecular flexibility index (Phi) is 6.01. The SMILES string of the molecule is CCN(CC)S(=O)(=O)c1ccc2nnc(SCC3CCCCC3)n2c1. The molecule has 3 rings (SSSR count). The molecule has 0 radical (unpaired) electrons. The Morgan fingerprint density at radius 2 is 1.88 bits per heavy atom. The fourth-order valence-electron chi connectivity index (χ4n) is 3.36. The fraction of sp³-hybridized carbons (Fsp3) is 0.647. The van der Waals surface area contributed by atoms with Crippen molar-refractivity contribution in [1.29, 1.82) is 0 Å². The van der Waals surface area contributed by atoms with E-state index in [0.29, 0.717) is 23.6 Å². The van der Waals surface area contributed by atoms with E-state index in [9.17, 15) is 8.42 Å². The predicted molar refractivity (Wildman–Crippen MR) is 100 cm³/mol. The number of nitrogens with zero attached hydrogens (tertiary/aromatic N) is 4. The highest BCUT2D eigenvalue weighted by Gasteiger charge is 2.23. The van der Waals surface area contributed by atoms with E-state index in [4.69, 9.17) is 0 Å². The Hall–Kier alpha value is -1.12. The van der Waals surface area contributed by atoms with Crippen molar-refractivity contribution in [3.05, 3.63) is 18.3 Å².